The van der Waals surface area contributed by atoms with Crippen LogP contribution in [0.2, 0.25) is 0 Å². The topological polar surface area (TPSA) is 51.3 Å². The fraction of sp³-hybridized carbons (Fsp3) is 0.529. The fourth-order valence-electron chi connectivity index (χ4n) is 3.16. The number of carbonyl (C=O) groups is 1. The number of aromatic nitrogens is 2. The number of carbonyl (C=O) groups excluding carboxylic acids is 1. The molecule has 0 unspecified atom stereocenters. The summed E-state index contributed by atoms with van der Waals surface area (Å²) in [6, 6.07) is 5.58. The minimum absolute atomic E-state index is 0.0433. The van der Waals surface area contributed by atoms with Gasteiger partial charge in [0.2, 0.25) is 5.91 Å². The second-order valence-electron chi connectivity index (χ2n) is 6.01. The van der Waals surface area contributed by atoms with Crippen LogP contribution in [0.15, 0.2) is 35.0 Å². The highest BCUT2D eigenvalue weighted by atomic mass is 16.3. The predicted octanol–water partition coefficient (Wildman–Crippen LogP) is 3.49. The van der Waals surface area contributed by atoms with Crippen LogP contribution < -0.4 is 0 Å². The minimum Gasteiger partial charge on any atom is -0.464 e. The van der Waals surface area contributed by atoms with E-state index in [4.69, 9.17) is 4.42 Å². The van der Waals surface area contributed by atoms with Crippen LogP contribution in [-0.2, 0) is 4.79 Å². The zero-order valence-corrected chi connectivity index (χ0v) is 13.2. The number of hydrogen-bond donors (Lipinski definition) is 0. The van der Waals surface area contributed by atoms with Gasteiger partial charge in [-0.25, -0.2) is 0 Å². The molecule has 5 nitrogen and oxygen atoms in total. The molecule has 2 atom stereocenters. The Morgan fingerprint density at radius 3 is 2.91 bits per heavy atom. The van der Waals surface area contributed by atoms with Gasteiger partial charge in [-0.05, 0) is 44.9 Å². The first kappa shape index (κ1) is 14.9. The molecule has 1 amide bonds. The lowest BCUT2D eigenvalue weighted by Crippen LogP contribution is -2.39. The molecular formula is C17H23N3O2. The summed E-state index contributed by atoms with van der Waals surface area (Å²) in [6.07, 6.45) is 7.85. The van der Waals surface area contributed by atoms with Crippen LogP contribution in [0.4, 0.5) is 0 Å². The Hall–Kier alpha value is -2.04. The smallest absolute Gasteiger partial charge is 0.247 e. The van der Waals surface area contributed by atoms with Gasteiger partial charge in [0, 0.05) is 18.9 Å². The second-order valence-corrected chi connectivity index (χ2v) is 6.01. The van der Waals surface area contributed by atoms with Gasteiger partial charge in [0.25, 0.3) is 0 Å². The molecule has 1 saturated heterocycles. The molecule has 22 heavy (non-hydrogen) atoms. The van der Waals surface area contributed by atoms with Gasteiger partial charge in [0.15, 0.2) is 0 Å². The van der Waals surface area contributed by atoms with Gasteiger partial charge in [-0.2, -0.15) is 5.10 Å². The van der Waals surface area contributed by atoms with Crippen LogP contribution in [0.1, 0.15) is 56.2 Å². The Labute approximate surface area is 130 Å². The number of hydrogen-bond acceptors (Lipinski definition) is 3. The molecule has 0 saturated carbocycles. The first-order valence-corrected chi connectivity index (χ1v) is 8.03. The van der Waals surface area contributed by atoms with Gasteiger partial charge in [-0.1, -0.05) is 12.8 Å². The monoisotopic (exact) mass is 301 g/mol. The SMILES string of the molecule is Cc1ccc([C@@H]2CCCCCN2C(=O)[C@@H](C)n2cccn2)o1. The Morgan fingerprint density at radius 2 is 2.23 bits per heavy atom. The van der Waals surface area contributed by atoms with Gasteiger partial charge in [0.05, 0.1) is 6.04 Å². The molecular weight excluding hydrogens is 278 g/mol. The molecule has 0 aliphatic carbocycles. The summed E-state index contributed by atoms with van der Waals surface area (Å²) in [5.74, 6) is 1.91. The first-order chi connectivity index (χ1) is 10.7. The van der Waals surface area contributed by atoms with Crippen LogP contribution in [-0.4, -0.2) is 27.1 Å². The third-order valence-electron chi connectivity index (χ3n) is 4.40. The maximum atomic E-state index is 13.0. The Morgan fingerprint density at radius 1 is 1.36 bits per heavy atom. The number of aryl methyl sites for hydroxylation is 1. The van der Waals surface area contributed by atoms with Crippen molar-refractivity contribution in [3.05, 3.63) is 42.1 Å². The Bertz CT molecular complexity index is 618. The van der Waals surface area contributed by atoms with Crippen molar-refractivity contribution in [2.45, 2.75) is 51.6 Å². The maximum absolute atomic E-state index is 13.0. The molecule has 0 radical (unpaired) electrons. The highest BCUT2D eigenvalue weighted by molar-refractivity contribution is 5.80. The molecule has 1 aliphatic heterocycles. The molecule has 5 heteroatoms. The van der Waals surface area contributed by atoms with Crippen LogP contribution in [0, 0.1) is 6.92 Å². The quantitative estimate of drug-likeness (QED) is 0.872. The van der Waals surface area contributed by atoms with E-state index in [2.05, 4.69) is 5.10 Å². The number of amides is 1. The molecule has 3 rings (SSSR count). The fourth-order valence-corrected chi connectivity index (χ4v) is 3.16. The Kier molecular flexibility index (Phi) is 4.32. The molecule has 0 bridgehead atoms. The molecule has 118 valence electrons. The lowest BCUT2D eigenvalue weighted by molar-refractivity contribution is -0.137. The van der Waals surface area contributed by atoms with Crippen molar-refractivity contribution in [2.24, 2.45) is 0 Å². The zero-order valence-electron chi connectivity index (χ0n) is 13.2. The average molecular weight is 301 g/mol. The molecule has 2 aromatic heterocycles. The van der Waals surface area contributed by atoms with Gasteiger partial charge in [0.1, 0.15) is 17.6 Å². The third-order valence-corrected chi connectivity index (χ3v) is 4.40. The third kappa shape index (κ3) is 2.93. The maximum Gasteiger partial charge on any atom is 0.247 e. The van der Waals surface area contributed by atoms with Crippen molar-refractivity contribution in [3.63, 3.8) is 0 Å². The van der Waals surface area contributed by atoms with Gasteiger partial charge >= 0.3 is 0 Å². The summed E-state index contributed by atoms with van der Waals surface area (Å²) in [5, 5.41) is 4.20. The van der Waals surface area contributed by atoms with Crippen LogP contribution in [0.3, 0.4) is 0 Å². The number of rotatable bonds is 3. The summed E-state index contributed by atoms with van der Waals surface area (Å²) < 4.78 is 7.53. The number of furan rings is 1. The summed E-state index contributed by atoms with van der Waals surface area (Å²) in [6.45, 7) is 4.64. The van der Waals surface area contributed by atoms with E-state index in [-0.39, 0.29) is 18.0 Å². The van der Waals surface area contributed by atoms with Crippen LogP contribution in [0.5, 0.6) is 0 Å². The highest BCUT2D eigenvalue weighted by Crippen LogP contribution is 2.32. The van der Waals surface area contributed by atoms with Crippen LogP contribution in [0.25, 0.3) is 0 Å². The van der Waals surface area contributed by atoms with Gasteiger partial charge in [-0.15, -0.1) is 0 Å². The van der Waals surface area contributed by atoms with Gasteiger partial charge < -0.3 is 9.32 Å². The molecule has 0 N–H and O–H groups in total. The molecule has 1 aliphatic rings. The van der Waals surface area contributed by atoms with Crippen molar-refractivity contribution < 1.29 is 9.21 Å². The summed E-state index contributed by atoms with van der Waals surface area (Å²) in [5.41, 5.74) is 0. The summed E-state index contributed by atoms with van der Waals surface area (Å²) >= 11 is 0. The normalized spacial score (nSPS) is 20.6. The van der Waals surface area contributed by atoms with Crippen molar-refractivity contribution >= 4 is 5.91 Å². The molecule has 0 aromatic carbocycles. The molecule has 3 heterocycles. The van der Waals surface area contributed by atoms with E-state index in [0.29, 0.717) is 0 Å². The second kappa shape index (κ2) is 6.38. The van der Waals surface area contributed by atoms with Gasteiger partial charge in [-0.3, -0.25) is 9.48 Å². The average Bonchev–Trinajstić information content (AvgIpc) is 3.13. The lowest BCUT2D eigenvalue weighted by Gasteiger charge is -2.31. The van der Waals surface area contributed by atoms with Crippen molar-refractivity contribution in [3.8, 4) is 0 Å². The predicted molar refractivity (Wildman–Crippen MR) is 83.3 cm³/mol. The van der Waals surface area contributed by atoms with E-state index >= 15 is 0 Å². The number of nitrogens with zero attached hydrogens (tertiary/aromatic N) is 3. The van der Waals surface area contributed by atoms with E-state index in [9.17, 15) is 4.79 Å². The zero-order chi connectivity index (χ0) is 15.5. The summed E-state index contributed by atoms with van der Waals surface area (Å²) in [7, 11) is 0. The van der Waals surface area contributed by atoms with Crippen molar-refractivity contribution in [2.75, 3.05) is 6.54 Å². The van der Waals surface area contributed by atoms with Crippen LogP contribution >= 0.6 is 0 Å². The molecule has 1 fully saturated rings. The molecule has 2 aromatic rings. The van der Waals surface area contributed by atoms with Crippen molar-refractivity contribution in [1.29, 1.82) is 0 Å². The number of likely N-dealkylation sites (tertiary alicyclic amines) is 1. The standard InChI is InChI=1S/C17H23N3O2/c1-13-8-9-16(22-13)15-7-4-3-5-11-19(15)17(21)14(2)20-12-6-10-18-20/h6,8-10,12,14-15H,3-5,7,11H2,1-2H3/t14-,15+/m1/s1. The highest BCUT2D eigenvalue weighted by Gasteiger charge is 2.32. The molecule has 0 spiro atoms. The van der Waals surface area contributed by atoms with E-state index in [1.54, 1.807) is 10.9 Å². The first-order valence-electron chi connectivity index (χ1n) is 8.03. The Balaban J connectivity index is 1.85. The van der Waals surface area contributed by atoms with E-state index in [1.807, 2.05) is 43.1 Å². The minimum atomic E-state index is -0.286. The van der Waals surface area contributed by atoms with E-state index < -0.39 is 0 Å². The largest absolute Gasteiger partial charge is 0.464 e. The summed E-state index contributed by atoms with van der Waals surface area (Å²) in [4.78, 5) is 14.9. The lowest BCUT2D eigenvalue weighted by atomic mass is 10.1. The van der Waals surface area contributed by atoms with E-state index in [1.165, 1.54) is 0 Å². The van der Waals surface area contributed by atoms with Crippen molar-refractivity contribution in [1.82, 2.24) is 14.7 Å². The van der Waals surface area contributed by atoms with E-state index in [0.717, 1.165) is 43.7 Å².